The van der Waals surface area contributed by atoms with Crippen LogP contribution in [0.15, 0.2) is 0 Å². The summed E-state index contributed by atoms with van der Waals surface area (Å²) in [5.74, 6) is 4.79. The SMILES string of the molecule is N#CC1C(C#N)C2CC1C1C3CCC(C3)C21. The molecule has 16 heavy (non-hydrogen) atoms. The van der Waals surface area contributed by atoms with Crippen LogP contribution in [0.2, 0.25) is 0 Å². The Morgan fingerprint density at radius 3 is 1.69 bits per heavy atom. The van der Waals surface area contributed by atoms with Gasteiger partial charge in [-0.05, 0) is 61.2 Å². The van der Waals surface area contributed by atoms with Crippen LogP contribution < -0.4 is 0 Å². The zero-order valence-corrected chi connectivity index (χ0v) is 9.34. The number of fused-ring (bicyclic) bond motifs is 9. The molecule has 4 saturated carbocycles. The fourth-order valence-corrected chi connectivity index (χ4v) is 5.94. The first kappa shape index (κ1) is 9.06. The number of rotatable bonds is 0. The fourth-order valence-electron chi connectivity index (χ4n) is 5.94. The van der Waals surface area contributed by atoms with E-state index >= 15 is 0 Å². The molecule has 4 aliphatic rings. The third kappa shape index (κ3) is 0.809. The molecule has 0 aromatic carbocycles. The van der Waals surface area contributed by atoms with Gasteiger partial charge in [0.15, 0.2) is 0 Å². The highest BCUT2D eigenvalue weighted by Crippen LogP contribution is 2.70. The van der Waals surface area contributed by atoms with Crippen LogP contribution in [0.3, 0.4) is 0 Å². The lowest BCUT2D eigenvalue weighted by atomic mass is 9.64. The Hall–Kier alpha value is -1.02. The van der Waals surface area contributed by atoms with E-state index in [0.29, 0.717) is 11.8 Å². The first-order valence-corrected chi connectivity index (χ1v) is 6.64. The zero-order chi connectivity index (χ0) is 10.9. The highest BCUT2D eigenvalue weighted by molar-refractivity contribution is 5.20. The second kappa shape index (κ2) is 2.80. The minimum absolute atomic E-state index is 0.0654. The smallest absolute Gasteiger partial charge is 0.0672 e. The Labute approximate surface area is 96.2 Å². The van der Waals surface area contributed by atoms with E-state index in [1.807, 2.05) is 0 Å². The molecule has 4 fully saturated rings. The summed E-state index contributed by atoms with van der Waals surface area (Å²) >= 11 is 0. The van der Waals surface area contributed by atoms with Crippen LogP contribution in [0.1, 0.15) is 25.7 Å². The molecule has 0 spiro atoms. The van der Waals surface area contributed by atoms with Crippen molar-refractivity contribution in [2.75, 3.05) is 0 Å². The van der Waals surface area contributed by atoms with Gasteiger partial charge in [0.05, 0.1) is 24.0 Å². The molecule has 0 aliphatic heterocycles. The van der Waals surface area contributed by atoms with Crippen molar-refractivity contribution in [3.8, 4) is 12.1 Å². The van der Waals surface area contributed by atoms with Gasteiger partial charge in [0.1, 0.15) is 0 Å². The fraction of sp³-hybridized carbons (Fsp3) is 0.857. The molecular weight excluding hydrogens is 196 g/mol. The minimum atomic E-state index is 0.0654. The van der Waals surface area contributed by atoms with Gasteiger partial charge in [-0.15, -0.1) is 0 Å². The molecule has 2 heteroatoms. The second-order valence-electron chi connectivity index (χ2n) is 6.36. The highest BCUT2D eigenvalue weighted by atomic mass is 14.7. The van der Waals surface area contributed by atoms with E-state index in [1.165, 1.54) is 25.7 Å². The molecule has 4 bridgehead atoms. The van der Waals surface area contributed by atoms with Gasteiger partial charge in [-0.25, -0.2) is 0 Å². The van der Waals surface area contributed by atoms with Crippen molar-refractivity contribution in [2.24, 2.45) is 47.3 Å². The predicted octanol–water partition coefficient (Wildman–Crippen LogP) is 2.58. The van der Waals surface area contributed by atoms with E-state index in [2.05, 4.69) is 12.1 Å². The van der Waals surface area contributed by atoms with Gasteiger partial charge in [0.25, 0.3) is 0 Å². The molecule has 0 aromatic heterocycles. The summed E-state index contributed by atoms with van der Waals surface area (Å²) in [4.78, 5) is 0. The van der Waals surface area contributed by atoms with Crippen molar-refractivity contribution in [3.05, 3.63) is 0 Å². The lowest BCUT2D eigenvalue weighted by Gasteiger charge is -2.38. The van der Waals surface area contributed by atoms with Crippen LogP contribution in [0.25, 0.3) is 0 Å². The highest BCUT2D eigenvalue weighted by Gasteiger charge is 2.65. The third-order valence-corrected chi connectivity index (χ3v) is 6.19. The average Bonchev–Trinajstić information content (AvgIpc) is 3.03. The Morgan fingerprint density at radius 1 is 0.750 bits per heavy atom. The first-order valence-electron chi connectivity index (χ1n) is 6.64. The van der Waals surface area contributed by atoms with Crippen LogP contribution in [-0.4, -0.2) is 0 Å². The van der Waals surface area contributed by atoms with E-state index in [1.54, 1.807) is 0 Å². The maximum absolute atomic E-state index is 9.28. The second-order valence-corrected chi connectivity index (χ2v) is 6.36. The van der Waals surface area contributed by atoms with Crippen LogP contribution in [-0.2, 0) is 0 Å². The summed E-state index contributed by atoms with van der Waals surface area (Å²) in [5.41, 5.74) is 0. The standard InChI is InChI=1S/C14H16N2/c15-5-11-9-4-10(12(11)6-16)14-8-2-1-7(3-8)13(9)14/h7-14H,1-4H2. The summed E-state index contributed by atoms with van der Waals surface area (Å²) < 4.78 is 0. The van der Waals surface area contributed by atoms with Crippen molar-refractivity contribution in [2.45, 2.75) is 25.7 Å². The van der Waals surface area contributed by atoms with Gasteiger partial charge in [-0.3, -0.25) is 0 Å². The Balaban J connectivity index is 1.75. The zero-order valence-electron chi connectivity index (χ0n) is 9.34. The maximum atomic E-state index is 9.28. The van der Waals surface area contributed by atoms with Crippen molar-refractivity contribution >= 4 is 0 Å². The monoisotopic (exact) mass is 212 g/mol. The normalized spacial score (nSPS) is 60.6. The van der Waals surface area contributed by atoms with E-state index in [-0.39, 0.29) is 11.8 Å². The molecule has 0 radical (unpaired) electrons. The minimum Gasteiger partial charge on any atom is -0.198 e. The van der Waals surface area contributed by atoms with Gasteiger partial charge >= 0.3 is 0 Å². The molecular formula is C14H16N2. The summed E-state index contributed by atoms with van der Waals surface area (Å²) in [6.07, 6.45) is 5.42. The van der Waals surface area contributed by atoms with Crippen molar-refractivity contribution < 1.29 is 0 Å². The van der Waals surface area contributed by atoms with Crippen LogP contribution in [0.5, 0.6) is 0 Å². The molecule has 8 atom stereocenters. The Kier molecular flexibility index (Phi) is 1.59. The molecule has 4 aliphatic carbocycles. The molecule has 0 saturated heterocycles. The largest absolute Gasteiger partial charge is 0.198 e. The van der Waals surface area contributed by atoms with Gasteiger partial charge in [-0.2, -0.15) is 10.5 Å². The first-order chi connectivity index (χ1) is 7.85. The summed E-state index contributed by atoms with van der Waals surface area (Å²) in [5, 5.41) is 18.6. The topological polar surface area (TPSA) is 47.6 Å². The lowest BCUT2D eigenvalue weighted by Crippen LogP contribution is -2.37. The molecule has 0 aromatic rings. The quantitative estimate of drug-likeness (QED) is 0.579. The summed E-state index contributed by atoms with van der Waals surface area (Å²) in [6, 6.07) is 4.89. The van der Waals surface area contributed by atoms with E-state index in [9.17, 15) is 10.5 Å². The predicted molar refractivity (Wildman–Crippen MR) is 57.6 cm³/mol. The van der Waals surface area contributed by atoms with Gasteiger partial charge in [-0.1, -0.05) is 0 Å². The van der Waals surface area contributed by atoms with Crippen molar-refractivity contribution in [1.82, 2.24) is 0 Å². The maximum Gasteiger partial charge on any atom is 0.0672 e. The van der Waals surface area contributed by atoms with Crippen molar-refractivity contribution in [1.29, 1.82) is 10.5 Å². The number of nitriles is 2. The lowest BCUT2D eigenvalue weighted by molar-refractivity contribution is 0.0988. The molecule has 0 heterocycles. The Bertz CT molecular complexity index is 377. The van der Waals surface area contributed by atoms with E-state index in [0.717, 1.165) is 23.7 Å². The van der Waals surface area contributed by atoms with Crippen LogP contribution in [0.4, 0.5) is 0 Å². The summed E-state index contributed by atoms with van der Waals surface area (Å²) in [6.45, 7) is 0. The Morgan fingerprint density at radius 2 is 1.25 bits per heavy atom. The molecule has 0 N–H and O–H groups in total. The number of nitrogens with zero attached hydrogens (tertiary/aromatic N) is 2. The molecule has 82 valence electrons. The van der Waals surface area contributed by atoms with Gasteiger partial charge < -0.3 is 0 Å². The average molecular weight is 212 g/mol. The van der Waals surface area contributed by atoms with E-state index < -0.39 is 0 Å². The van der Waals surface area contributed by atoms with Crippen molar-refractivity contribution in [3.63, 3.8) is 0 Å². The van der Waals surface area contributed by atoms with Gasteiger partial charge in [0.2, 0.25) is 0 Å². The molecule has 2 nitrogen and oxygen atoms in total. The number of hydrogen-bond acceptors (Lipinski definition) is 2. The third-order valence-electron chi connectivity index (χ3n) is 6.19. The van der Waals surface area contributed by atoms with E-state index in [4.69, 9.17) is 0 Å². The van der Waals surface area contributed by atoms with Crippen LogP contribution >= 0.6 is 0 Å². The number of hydrogen-bond donors (Lipinski definition) is 0. The van der Waals surface area contributed by atoms with Gasteiger partial charge in [0, 0.05) is 0 Å². The molecule has 8 unspecified atom stereocenters. The van der Waals surface area contributed by atoms with Crippen LogP contribution in [0, 0.1) is 70.0 Å². The molecule has 4 rings (SSSR count). The summed E-state index contributed by atoms with van der Waals surface area (Å²) in [7, 11) is 0. The molecule has 0 amide bonds.